The number of esters is 1. The summed E-state index contributed by atoms with van der Waals surface area (Å²) in [5.74, 6) is -1.38. The van der Waals surface area contributed by atoms with Gasteiger partial charge in [-0.15, -0.1) is 0 Å². The molecule has 4 aromatic carbocycles. The highest BCUT2D eigenvalue weighted by Gasteiger charge is 2.22. The molecule has 0 unspecified atom stereocenters. The molecule has 0 N–H and O–H groups in total. The van der Waals surface area contributed by atoms with Gasteiger partial charge in [0.25, 0.3) is 5.78 Å². The fourth-order valence-corrected chi connectivity index (χ4v) is 3.51. The first-order chi connectivity index (χ1) is 15.0. The van der Waals surface area contributed by atoms with Gasteiger partial charge in [-0.05, 0) is 47.0 Å². The summed E-state index contributed by atoms with van der Waals surface area (Å²) in [6.45, 7) is 0. The van der Waals surface area contributed by atoms with E-state index >= 15 is 0 Å². The molecule has 0 heterocycles. The average Bonchev–Trinajstić information content (AvgIpc) is 2.80. The molecule has 4 aromatic rings. The van der Waals surface area contributed by atoms with Crippen LogP contribution in [0, 0.1) is 0 Å². The van der Waals surface area contributed by atoms with Gasteiger partial charge < -0.3 is 4.74 Å². The lowest BCUT2D eigenvalue weighted by molar-refractivity contribution is -0.129. The van der Waals surface area contributed by atoms with Crippen molar-refractivity contribution in [1.29, 1.82) is 0 Å². The first kappa shape index (κ1) is 23.6. The Hall–Kier alpha value is -3.05. The SMILES string of the molecule is O=C(Oc1cccc(-c2ccc(Cl)cc2)c1-c1ccc(Cl)cc1)C(=O)c1ccccc1.S. The van der Waals surface area contributed by atoms with Gasteiger partial charge >= 0.3 is 5.97 Å². The smallest absolute Gasteiger partial charge is 0.385 e. The van der Waals surface area contributed by atoms with Crippen molar-refractivity contribution in [2.45, 2.75) is 0 Å². The van der Waals surface area contributed by atoms with E-state index < -0.39 is 11.8 Å². The van der Waals surface area contributed by atoms with E-state index in [0.29, 0.717) is 15.6 Å². The fourth-order valence-electron chi connectivity index (χ4n) is 3.25. The van der Waals surface area contributed by atoms with Gasteiger partial charge in [-0.1, -0.05) is 89.9 Å². The number of carbonyl (C=O) groups is 2. The van der Waals surface area contributed by atoms with Gasteiger partial charge in [0, 0.05) is 21.2 Å². The highest BCUT2D eigenvalue weighted by Crippen LogP contribution is 2.40. The van der Waals surface area contributed by atoms with E-state index in [2.05, 4.69) is 0 Å². The number of ether oxygens (including phenoxy) is 1. The largest absolute Gasteiger partial charge is 0.420 e. The van der Waals surface area contributed by atoms with Crippen molar-refractivity contribution in [2.24, 2.45) is 0 Å². The van der Waals surface area contributed by atoms with Crippen molar-refractivity contribution in [1.82, 2.24) is 0 Å². The number of hydrogen-bond donors (Lipinski definition) is 0. The molecule has 0 aliphatic carbocycles. The molecule has 160 valence electrons. The monoisotopic (exact) mass is 480 g/mol. The topological polar surface area (TPSA) is 43.4 Å². The van der Waals surface area contributed by atoms with E-state index in [4.69, 9.17) is 27.9 Å². The van der Waals surface area contributed by atoms with Gasteiger partial charge in [-0.3, -0.25) is 4.79 Å². The lowest BCUT2D eigenvalue weighted by Gasteiger charge is -2.15. The van der Waals surface area contributed by atoms with Gasteiger partial charge in [0.05, 0.1) is 0 Å². The van der Waals surface area contributed by atoms with Gasteiger partial charge in [-0.25, -0.2) is 4.79 Å². The maximum absolute atomic E-state index is 12.6. The zero-order valence-electron chi connectivity index (χ0n) is 16.7. The molecule has 0 spiro atoms. The zero-order chi connectivity index (χ0) is 21.8. The van der Waals surface area contributed by atoms with Crippen molar-refractivity contribution in [3.8, 4) is 28.0 Å². The Kier molecular flexibility index (Phi) is 7.75. The molecule has 6 heteroatoms. The molecule has 0 saturated heterocycles. The molecule has 0 atom stereocenters. The van der Waals surface area contributed by atoms with Crippen LogP contribution in [0.3, 0.4) is 0 Å². The second-order valence-corrected chi connectivity index (χ2v) is 7.65. The first-order valence-electron chi connectivity index (χ1n) is 9.49. The number of Topliss-reactive ketones (excluding diaryl/α,β-unsaturated/α-hetero) is 1. The molecule has 32 heavy (non-hydrogen) atoms. The standard InChI is InChI=1S/C26H16Cl2O3.H2S/c27-20-13-9-17(10-14-20)22-7-4-8-23(24(22)18-11-15-21(28)16-12-18)31-26(30)25(29)19-5-2-1-3-6-19;/h1-16H;1H2. The number of carbonyl (C=O) groups excluding carboxylic acids is 2. The molecular weight excluding hydrogens is 463 g/mol. The Bertz CT molecular complexity index is 1240. The Morgan fingerprint density at radius 3 is 1.78 bits per heavy atom. The van der Waals surface area contributed by atoms with Crippen molar-refractivity contribution in [3.05, 3.63) is 113 Å². The molecule has 0 amide bonds. The van der Waals surface area contributed by atoms with Crippen molar-refractivity contribution < 1.29 is 14.3 Å². The summed E-state index contributed by atoms with van der Waals surface area (Å²) >= 11 is 12.1. The van der Waals surface area contributed by atoms with Crippen LogP contribution in [-0.2, 0) is 4.79 Å². The normalized spacial score (nSPS) is 10.2. The number of hydrogen-bond acceptors (Lipinski definition) is 3. The Labute approximate surface area is 203 Å². The van der Waals surface area contributed by atoms with E-state index in [1.807, 2.05) is 30.3 Å². The summed E-state index contributed by atoms with van der Waals surface area (Å²) in [6.07, 6.45) is 0. The Morgan fingerprint density at radius 2 is 1.19 bits per heavy atom. The predicted octanol–water partition coefficient (Wildman–Crippen LogP) is 7.23. The third-order valence-corrected chi connectivity index (χ3v) is 5.24. The highest BCUT2D eigenvalue weighted by atomic mass is 35.5. The predicted molar refractivity (Wildman–Crippen MR) is 134 cm³/mol. The van der Waals surface area contributed by atoms with Crippen LogP contribution in [0.25, 0.3) is 22.3 Å². The minimum absolute atomic E-state index is 0. The van der Waals surface area contributed by atoms with E-state index in [0.717, 1.165) is 16.7 Å². The summed E-state index contributed by atoms with van der Waals surface area (Å²) in [5.41, 5.74) is 3.47. The third-order valence-electron chi connectivity index (χ3n) is 4.74. The van der Waals surface area contributed by atoms with E-state index in [-0.39, 0.29) is 24.8 Å². The van der Waals surface area contributed by atoms with Crippen LogP contribution in [0.5, 0.6) is 5.75 Å². The lowest BCUT2D eigenvalue weighted by atomic mass is 9.93. The molecule has 0 aromatic heterocycles. The van der Waals surface area contributed by atoms with Gasteiger partial charge in [0.15, 0.2) is 0 Å². The Balaban J connectivity index is 0.00000289. The van der Waals surface area contributed by atoms with E-state index in [1.165, 1.54) is 0 Å². The molecule has 0 aliphatic heterocycles. The van der Waals surface area contributed by atoms with Gasteiger partial charge in [0.1, 0.15) is 5.75 Å². The minimum Gasteiger partial charge on any atom is -0.420 e. The van der Waals surface area contributed by atoms with E-state index in [1.54, 1.807) is 66.7 Å². The molecule has 4 rings (SSSR count). The number of benzene rings is 4. The quantitative estimate of drug-likeness (QED) is 0.131. The molecular formula is C26H18Cl2O3S. The average molecular weight is 481 g/mol. The lowest BCUT2D eigenvalue weighted by Crippen LogP contribution is -2.20. The second kappa shape index (κ2) is 10.5. The third kappa shape index (κ3) is 5.22. The number of rotatable bonds is 5. The second-order valence-electron chi connectivity index (χ2n) is 6.78. The van der Waals surface area contributed by atoms with Crippen molar-refractivity contribution in [2.75, 3.05) is 0 Å². The molecule has 0 bridgehead atoms. The summed E-state index contributed by atoms with van der Waals surface area (Å²) in [7, 11) is 0. The van der Waals surface area contributed by atoms with Crippen LogP contribution in [0.4, 0.5) is 0 Å². The van der Waals surface area contributed by atoms with Crippen molar-refractivity contribution in [3.63, 3.8) is 0 Å². The van der Waals surface area contributed by atoms with Crippen LogP contribution in [0.1, 0.15) is 10.4 Å². The Morgan fingerprint density at radius 1 is 0.625 bits per heavy atom. The summed E-state index contributed by atoms with van der Waals surface area (Å²) < 4.78 is 5.58. The summed E-state index contributed by atoms with van der Waals surface area (Å²) in [5, 5.41) is 1.21. The molecule has 0 aliphatic rings. The minimum atomic E-state index is -0.949. The van der Waals surface area contributed by atoms with Crippen LogP contribution >= 0.6 is 36.7 Å². The first-order valence-corrected chi connectivity index (χ1v) is 10.2. The fraction of sp³-hybridized carbons (Fsp3) is 0. The summed E-state index contributed by atoms with van der Waals surface area (Å²) in [6, 6.07) is 28.2. The van der Waals surface area contributed by atoms with Crippen LogP contribution in [0.15, 0.2) is 97.1 Å². The van der Waals surface area contributed by atoms with Crippen molar-refractivity contribution >= 4 is 48.5 Å². The van der Waals surface area contributed by atoms with Gasteiger partial charge in [0.2, 0.25) is 0 Å². The van der Waals surface area contributed by atoms with Crippen LogP contribution in [-0.4, -0.2) is 11.8 Å². The molecule has 3 nitrogen and oxygen atoms in total. The zero-order valence-corrected chi connectivity index (χ0v) is 19.2. The van der Waals surface area contributed by atoms with E-state index in [9.17, 15) is 9.59 Å². The van der Waals surface area contributed by atoms with Gasteiger partial charge in [-0.2, -0.15) is 13.5 Å². The highest BCUT2D eigenvalue weighted by molar-refractivity contribution is 7.59. The molecule has 0 saturated carbocycles. The van der Waals surface area contributed by atoms with Crippen LogP contribution in [0.2, 0.25) is 10.0 Å². The maximum atomic E-state index is 12.6. The molecule has 0 fully saturated rings. The molecule has 0 radical (unpaired) electrons. The van der Waals surface area contributed by atoms with Crippen LogP contribution < -0.4 is 4.74 Å². The maximum Gasteiger partial charge on any atom is 0.385 e. The number of halogens is 2. The number of ketones is 1. The summed E-state index contributed by atoms with van der Waals surface area (Å²) in [4.78, 5) is 25.2.